The average molecular weight is 946 g/mol. The van der Waals surface area contributed by atoms with Crippen molar-refractivity contribution in [3.63, 3.8) is 0 Å². The SMILES string of the molecule is Cc1ccc(C(=O)OC2C(OC3C(O)COC(O[C@H]4C[C@H]5[C@@H]6CC=C7C[C@@H](OC(=O)NCc8ccccc8)CC[C@]7(C)C6CC[C@]5(C)[C@@]4(O)[C@H](C)C(=O)CCC(C)C)C3C)OCC(O)C2O)cc1. The quantitative estimate of drug-likeness (QED) is 0.0963. The van der Waals surface area contributed by atoms with Gasteiger partial charge in [-0.3, -0.25) is 4.79 Å². The smallest absolute Gasteiger partial charge is 0.407 e. The number of hydrogen-bond donors (Lipinski definition) is 5. The van der Waals surface area contributed by atoms with E-state index in [1.54, 1.807) is 31.2 Å². The van der Waals surface area contributed by atoms with Crippen LogP contribution in [0.15, 0.2) is 66.2 Å². The second kappa shape index (κ2) is 20.5. The largest absolute Gasteiger partial charge is 0.450 e. The number of nitrogens with one attached hydrogen (secondary N) is 1. The van der Waals surface area contributed by atoms with E-state index < -0.39 is 84.1 Å². The van der Waals surface area contributed by atoms with Crippen molar-refractivity contribution in [2.24, 2.45) is 46.3 Å². The van der Waals surface area contributed by atoms with E-state index in [4.69, 9.17) is 28.4 Å². The van der Waals surface area contributed by atoms with Gasteiger partial charge in [-0.05, 0) is 98.7 Å². The maximum atomic E-state index is 14.2. The molecule has 2 saturated heterocycles. The molecule has 6 aliphatic rings. The normalized spacial score (nSPS) is 39.4. The van der Waals surface area contributed by atoms with Crippen molar-refractivity contribution < 1.29 is 63.2 Å². The first kappa shape index (κ1) is 50.7. The Labute approximate surface area is 401 Å². The molecule has 14 heteroatoms. The van der Waals surface area contributed by atoms with Crippen LogP contribution in [0.1, 0.15) is 121 Å². The van der Waals surface area contributed by atoms with Crippen LogP contribution in [0, 0.1) is 53.3 Å². The Kier molecular flexibility index (Phi) is 15.3. The number of aliphatic hydroxyl groups is 4. The molecule has 0 bridgehead atoms. The number of carbonyl (C=O) groups excluding carboxylic acids is 3. The molecule has 1 amide bonds. The number of aliphatic hydroxyl groups excluding tert-OH is 3. The third-order valence-corrected chi connectivity index (χ3v) is 17.3. The van der Waals surface area contributed by atoms with Crippen LogP contribution in [0.4, 0.5) is 4.79 Å². The van der Waals surface area contributed by atoms with E-state index in [0.29, 0.717) is 50.5 Å². The Morgan fingerprint density at radius 1 is 0.853 bits per heavy atom. The average Bonchev–Trinajstić information content (AvgIpc) is 3.55. The van der Waals surface area contributed by atoms with Gasteiger partial charge in [0.25, 0.3) is 0 Å². The maximum absolute atomic E-state index is 14.2. The molecule has 5 fully saturated rings. The highest BCUT2D eigenvalue weighted by Gasteiger charge is 2.70. The Balaban J connectivity index is 1.00. The number of carbonyl (C=O) groups is 3. The fraction of sp³-hybridized carbons (Fsp3) is 0.685. The molecule has 9 unspecified atom stereocenters. The molecule has 14 nitrogen and oxygen atoms in total. The summed E-state index contributed by atoms with van der Waals surface area (Å²) in [5, 5.41) is 49.5. The zero-order chi connectivity index (χ0) is 48.7. The van der Waals surface area contributed by atoms with Gasteiger partial charge in [0, 0.05) is 36.6 Å². The van der Waals surface area contributed by atoms with E-state index in [9.17, 15) is 34.8 Å². The number of allylic oxidation sites excluding steroid dienone is 1. The number of amides is 1. The minimum atomic E-state index is -1.56. The Bertz CT molecular complexity index is 2120. The highest BCUT2D eigenvalue weighted by atomic mass is 16.7. The van der Waals surface area contributed by atoms with E-state index >= 15 is 0 Å². The Morgan fingerprint density at radius 2 is 1.56 bits per heavy atom. The first-order valence-corrected chi connectivity index (χ1v) is 25.1. The minimum absolute atomic E-state index is 0.00150. The predicted molar refractivity (Wildman–Crippen MR) is 251 cm³/mol. The Morgan fingerprint density at radius 3 is 2.28 bits per heavy atom. The number of ketones is 1. The molecule has 2 aliphatic heterocycles. The lowest BCUT2D eigenvalue weighted by atomic mass is 9.46. The molecule has 0 radical (unpaired) electrons. The molecule has 4 aliphatic carbocycles. The molecular weight excluding hydrogens is 871 g/mol. The maximum Gasteiger partial charge on any atom is 0.407 e. The summed E-state index contributed by atoms with van der Waals surface area (Å²) in [6.07, 6.45) is -1.67. The van der Waals surface area contributed by atoms with Crippen LogP contribution in [-0.2, 0) is 39.8 Å². The number of alkyl carbamates (subject to hydrolysis) is 1. The number of benzene rings is 2. The van der Waals surface area contributed by atoms with Gasteiger partial charge < -0.3 is 54.2 Å². The van der Waals surface area contributed by atoms with Gasteiger partial charge in [-0.25, -0.2) is 9.59 Å². The molecule has 8 rings (SSSR count). The summed E-state index contributed by atoms with van der Waals surface area (Å²) in [6.45, 7) is 14.2. The van der Waals surface area contributed by atoms with Crippen LogP contribution >= 0.6 is 0 Å². The number of hydrogen-bond acceptors (Lipinski definition) is 13. The van der Waals surface area contributed by atoms with Gasteiger partial charge in [0.15, 0.2) is 18.7 Å². The lowest BCUT2D eigenvalue weighted by Crippen LogP contribution is -2.62. The number of ether oxygens (including phenoxy) is 6. The molecule has 0 aromatic heterocycles. The number of aryl methyl sites for hydroxylation is 1. The molecule has 2 heterocycles. The molecule has 3 saturated carbocycles. The molecule has 68 heavy (non-hydrogen) atoms. The molecule has 2 aromatic carbocycles. The van der Waals surface area contributed by atoms with Crippen molar-refractivity contribution in [1.82, 2.24) is 5.32 Å². The van der Waals surface area contributed by atoms with Crippen molar-refractivity contribution in [3.8, 4) is 0 Å². The van der Waals surface area contributed by atoms with E-state index in [1.165, 1.54) is 5.57 Å². The highest BCUT2D eigenvalue weighted by molar-refractivity contribution is 5.89. The molecule has 17 atom stereocenters. The molecule has 2 aromatic rings. The van der Waals surface area contributed by atoms with Gasteiger partial charge in [0.2, 0.25) is 0 Å². The van der Waals surface area contributed by atoms with Gasteiger partial charge in [-0.15, -0.1) is 0 Å². The van der Waals surface area contributed by atoms with E-state index in [2.05, 4.69) is 39.1 Å². The molecule has 374 valence electrons. The monoisotopic (exact) mass is 946 g/mol. The summed E-state index contributed by atoms with van der Waals surface area (Å²) in [5.74, 6) is -1.31. The third-order valence-electron chi connectivity index (χ3n) is 17.3. The summed E-state index contributed by atoms with van der Waals surface area (Å²) in [4.78, 5) is 40.4. The zero-order valence-electron chi connectivity index (χ0n) is 40.9. The van der Waals surface area contributed by atoms with Crippen LogP contribution in [-0.4, -0.2) is 112 Å². The van der Waals surface area contributed by atoms with Crippen LogP contribution in [0.2, 0.25) is 0 Å². The molecule has 5 N–H and O–H groups in total. The fourth-order valence-electron chi connectivity index (χ4n) is 13.1. The van der Waals surface area contributed by atoms with E-state index in [1.807, 2.05) is 44.2 Å². The van der Waals surface area contributed by atoms with Gasteiger partial charge in [-0.1, -0.05) is 101 Å². The van der Waals surface area contributed by atoms with E-state index in [-0.39, 0.29) is 47.9 Å². The van der Waals surface area contributed by atoms with Crippen LogP contribution in [0.25, 0.3) is 0 Å². The fourth-order valence-corrected chi connectivity index (χ4v) is 13.1. The number of rotatable bonds is 14. The lowest BCUT2D eigenvalue weighted by Gasteiger charge is -2.59. The third kappa shape index (κ3) is 9.82. The summed E-state index contributed by atoms with van der Waals surface area (Å²) >= 11 is 0. The first-order valence-electron chi connectivity index (χ1n) is 25.1. The number of fused-ring (bicyclic) bond motifs is 5. The second-order valence-electron chi connectivity index (χ2n) is 21.9. The van der Waals surface area contributed by atoms with Crippen LogP contribution < -0.4 is 5.32 Å². The van der Waals surface area contributed by atoms with Crippen molar-refractivity contribution >= 4 is 17.8 Å². The van der Waals surface area contributed by atoms with Crippen molar-refractivity contribution in [3.05, 3.63) is 82.9 Å². The molecule has 0 spiro atoms. The summed E-state index contributed by atoms with van der Waals surface area (Å²) in [5.41, 5.74) is 1.18. The number of esters is 1. The van der Waals surface area contributed by atoms with E-state index in [0.717, 1.165) is 36.8 Å². The lowest BCUT2D eigenvalue weighted by molar-refractivity contribution is -0.333. The predicted octanol–water partition coefficient (Wildman–Crippen LogP) is 6.96. The van der Waals surface area contributed by atoms with Crippen molar-refractivity contribution in [2.45, 2.75) is 174 Å². The van der Waals surface area contributed by atoms with Crippen molar-refractivity contribution in [2.75, 3.05) is 13.2 Å². The van der Waals surface area contributed by atoms with Gasteiger partial charge in [0.05, 0.1) is 31.0 Å². The van der Waals surface area contributed by atoms with Gasteiger partial charge in [-0.2, -0.15) is 0 Å². The minimum Gasteiger partial charge on any atom is -0.450 e. The molecular formula is C54H75NO13. The summed E-state index contributed by atoms with van der Waals surface area (Å²) < 4.78 is 37.2. The van der Waals surface area contributed by atoms with Crippen LogP contribution in [0.5, 0.6) is 0 Å². The first-order chi connectivity index (χ1) is 32.3. The summed E-state index contributed by atoms with van der Waals surface area (Å²) in [7, 11) is 0. The van der Waals surface area contributed by atoms with Crippen molar-refractivity contribution in [1.29, 1.82) is 0 Å². The van der Waals surface area contributed by atoms with Crippen LogP contribution in [0.3, 0.4) is 0 Å². The topological polar surface area (TPSA) is 200 Å². The van der Waals surface area contributed by atoms with Gasteiger partial charge >= 0.3 is 12.1 Å². The zero-order valence-corrected chi connectivity index (χ0v) is 40.9. The van der Waals surface area contributed by atoms with Gasteiger partial charge in [0.1, 0.15) is 35.8 Å². The highest BCUT2D eigenvalue weighted by Crippen LogP contribution is 2.69. The Hall–Kier alpha value is -3.73. The summed E-state index contributed by atoms with van der Waals surface area (Å²) in [6, 6.07) is 16.5. The second-order valence-corrected chi connectivity index (χ2v) is 21.9. The number of Topliss-reactive ketones (excluding diaryl/α,β-unsaturated/α-hetero) is 1. The standard InChI is InChI=1S/C54H75NO13/c1-30(2)13-20-41(56)33(5)54(62)44(66-49-32(4)46(43(58)29-63-49)68-50-47(45(59)42(57)28-64-50)67-48(60)35-16-14-31(3)15-17-35)26-40-38-19-18-36-25-37(65-51(61)55-27-34-11-9-8-10-12-34)21-23-52(36,6)39(38)22-24-53(40,54)7/h8-12,14-18,30,32-33,37-40,42-47,49-50,57-59,62H,13,19-29H2,1-7H3,(H,55,61)/t32?,33-,37+,38-,39?,40+,42?,43?,44+,45?,46?,47?,49?,50?,52+,53+,54-/m1/s1.